The van der Waals surface area contributed by atoms with Crippen molar-refractivity contribution in [3.63, 3.8) is 0 Å². The Labute approximate surface area is 394 Å². The van der Waals surface area contributed by atoms with Crippen LogP contribution in [0.2, 0.25) is 0 Å². The number of likely N-dealkylation sites (N-methyl/N-ethyl adjacent to an activating group) is 1. The molecule has 0 rings (SSSR count). The zero-order chi connectivity index (χ0) is 47.0. The third-order valence-corrected chi connectivity index (χ3v) is 11.7. The molecule has 0 fully saturated rings. The van der Waals surface area contributed by atoms with Crippen molar-refractivity contribution in [3.8, 4) is 0 Å². The van der Waals surface area contributed by atoms with Gasteiger partial charge in [-0.25, -0.2) is 4.79 Å². The van der Waals surface area contributed by atoms with Gasteiger partial charge in [0.25, 0.3) is 0 Å². The average Bonchev–Trinajstić information content (AvgIpc) is 3.26. The molecule has 0 heterocycles. The van der Waals surface area contributed by atoms with E-state index < -0.39 is 18.1 Å². The number of hydrogen-bond donors (Lipinski definition) is 1. The van der Waals surface area contributed by atoms with Gasteiger partial charge in [-0.15, -0.1) is 0 Å². The predicted molar refractivity (Wildman–Crippen MR) is 271 cm³/mol. The molecule has 64 heavy (non-hydrogen) atoms. The van der Waals surface area contributed by atoms with E-state index in [2.05, 4.69) is 74.6 Å². The second-order valence-electron chi connectivity index (χ2n) is 18.8. The molecule has 0 aliphatic rings. The number of esters is 2. The number of carbonyl (C=O) groups excluding carboxylic acids is 2. The fourth-order valence-electron chi connectivity index (χ4n) is 7.58. The molecule has 2 unspecified atom stereocenters. The van der Waals surface area contributed by atoms with Crippen LogP contribution in [0.15, 0.2) is 60.8 Å². The van der Waals surface area contributed by atoms with E-state index in [1.807, 2.05) is 21.1 Å². The monoisotopic (exact) mass is 899 g/mol. The number of nitrogens with zero attached hydrogens (tertiary/aromatic N) is 1. The van der Waals surface area contributed by atoms with Crippen LogP contribution in [0.5, 0.6) is 0 Å². The number of unbranched alkanes of at least 4 members (excludes halogenated alkanes) is 23. The summed E-state index contributed by atoms with van der Waals surface area (Å²) in [5.41, 5.74) is 0. The molecule has 0 aromatic carbocycles. The van der Waals surface area contributed by atoms with Gasteiger partial charge in [0.15, 0.2) is 12.1 Å². The van der Waals surface area contributed by atoms with Crippen LogP contribution in [0, 0.1) is 0 Å². The molecule has 0 saturated carbocycles. The van der Waals surface area contributed by atoms with E-state index in [-0.39, 0.29) is 36.2 Å². The Balaban J connectivity index is 4.31. The molecular formula is C56H100NO7+. The third-order valence-electron chi connectivity index (χ3n) is 11.7. The highest BCUT2D eigenvalue weighted by molar-refractivity contribution is 5.72. The van der Waals surface area contributed by atoms with Crippen LogP contribution in [-0.2, 0) is 28.6 Å². The van der Waals surface area contributed by atoms with Gasteiger partial charge in [0.05, 0.1) is 34.4 Å². The van der Waals surface area contributed by atoms with Gasteiger partial charge in [-0.2, -0.15) is 0 Å². The lowest BCUT2D eigenvalue weighted by molar-refractivity contribution is -0.887. The molecular weight excluding hydrogens is 799 g/mol. The predicted octanol–water partition coefficient (Wildman–Crippen LogP) is 15.3. The van der Waals surface area contributed by atoms with Crippen molar-refractivity contribution in [2.45, 2.75) is 238 Å². The zero-order valence-corrected chi connectivity index (χ0v) is 42.2. The summed E-state index contributed by atoms with van der Waals surface area (Å²) in [5, 5.41) is 9.66. The number of carboxylic acid groups (broad SMARTS) is 1. The van der Waals surface area contributed by atoms with E-state index in [4.69, 9.17) is 14.2 Å². The fraction of sp³-hybridized carbons (Fsp3) is 0.768. The van der Waals surface area contributed by atoms with Crippen LogP contribution in [-0.4, -0.2) is 80.6 Å². The summed E-state index contributed by atoms with van der Waals surface area (Å²) >= 11 is 0. The molecule has 0 aromatic rings. The van der Waals surface area contributed by atoms with Crippen LogP contribution in [0.3, 0.4) is 0 Å². The molecule has 0 bridgehead atoms. The van der Waals surface area contributed by atoms with Crippen molar-refractivity contribution in [1.82, 2.24) is 0 Å². The average molecular weight is 899 g/mol. The Morgan fingerprint density at radius 3 is 1.25 bits per heavy atom. The molecule has 0 radical (unpaired) electrons. The van der Waals surface area contributed by atoms with Crippen LogP contribution in [0.25, 0.3) is 0 Å². The van der Waals surface area contributed by atoms with E-state index in [0.717, 1.165) is 64.2 Å². The molecule has 0 spiro atoms. The maximum Gasteiger partial charge on any atom is 0.362 e. The molecule has 370 valence electrons. The van der Waals surface area contributed by atoms with Gasteiger partial charge < -0.3 is 23.8 Å². The van der Waals surface area contributed by atoms with Crippen LogP contribution in [0.1, 0.15) is 226 Å². The van der Waals surface area contributed by atoms with E-state index in [9.17, 15) is 19.5 Å². The highest BCUT2D eigenvalue weighted by Crippen LogP contribution is 2.16. The summed E-state index contributed by atoms with van der Waals surface area (Å²) in [6.07, 6.45) is 58.4. The first-order valence-corrected chi connectivity index (χ1v) is 26.3. The maximum absolute atomic E-state index is 12.8. The molecule has 0 aliphatic carbocycles. The molecule has 8 nitrogen and oxygen atoms in total. The van der Waals surface area contributed by atoms with Crippen molar-refractivity contribution >= 4 is 17.9 Å². The summed E-state index contributed by atoms with van der Waals surface area (Å²) in [7, 11) is 5.52. The number of aliphatic carboxylic acids is 1. The number of ether oxygens (including phenoxy) is 3. The number of allylic oxidation sites excluding steroid dienone is 10. The lowest BCUT2D eigenvalue weighted by Gasteiger charge is -2.31. The first-order chi connectivity index (χ1) is 31.1. The van der Waals surface area contributed by atoms with Gasteiger partial charge in [0.2, 0.25) is 0 Å². The van der Waals surface area contributed by atoms with Gasteiger partial charge in [-0.3, -0.25) is 9.59 Å². The SMILES string of the molecule is CCCCC/C=C/C/C=C/C/C=C/C/C=C/C/C=C/CCCCC(=O)OCC(COCCC(C(=O)O)[N+](C)(C)C)OC(=O)CCCCCCCCCCCCCCCCCCCCC. The second kappa shape index (κ2) is 46.6. The van der Waals surface area contributed by atoms with Crippen LogP contribution in [0.4, 0.5) is 0 Å². The van der Waals surface area contributed by atoms with Gasteiger partial charge in [-0.1, -0.05) is 203 Å². The summed E-state index contributed by atoms with van der Waals surface area (Å²) < 4.78 is 17.3. The number of rotatable bonds is 47. The Kier molecular flexibility index (Phi) is 44.4. The zero-order valence-electron chi connectivity index (χ0n) is 42.2. The first-order valence-electron chi connectivity index (χ1n) is 26.3. The number of hydrogen-bond acceptors (Lipinski definition) is 6. The van der Waals surface area contributed by atoms with Crippen molar-refractivity contribution in [3.05, 3.63) is 60.8 Å². The lowest BCUT2D eigenvalue weighted by atomic mass is 10.0. The van der Waals surface area contributed by atoms with Gasteiger partial charge >= 0.3 is 17.9 Å². The minimum Gasteiger partial charge on any atom is -0.477 e. The first kappa shape index (κ1) is 61.0. The molecule has 0 aliphatic heterocycles. The van der Waals surface area contributed by atoms with E-state index in [1.54, 1.807) is 0 Å². The largest absolute Gasteiger partial charge is 0.477 e. The number of carboxylic acids is 1. The number of carbonyl (C=O) groups is 3. The summed E-state index contributed by atoms with van der Waals surface area (Å²) in [5.74, 6) is -1.51. The van der Waals surface area contributed by atoms with Gasteiger partial charge in [0.1, 0.15) is 6.61 Å². The minimum absolute atomic E-state index is 0.0476. The van der Waals surface area contributed by atoms with Gasteiger partial charge in [-0.05, 0) is 64.2 Å². The normalized spacial score (nSPS) is 13.3. The smallest absolute Gasteiger partial charge is 0.362 e. The van der Waals surface area contributed by atoms with E-state index in [1.165, 1.54) is 128 Å². The van der Waals surface area contributed by atoms with Crippen molar-refractivity contribution in [1.29, 1.82) is 0 Å². The summed E-state index contributed by atoms with van der Waals surface area (Å²) in [6.45, 7) is 4.69. The van der Waals surface area contributed by atoms with Crippen molar-refractivity contribution in [2.24, 2.45) is 0 Å². The Hall–Kier alpha value is -2.97. The Morgan fingerprint density at radius 1 is 0.469 bits per heavy atom. The molecule has 0 saturated heterocycles. The highest BCUT2D eigenvalue weighted by Gasteiger charge is 2.31. The standard InChI is InChI=1S/C56H99NO7/c1-6-8-10-12-14-16-18-20-22-24-26-27-29-30-32-34-36-38-40-42-44-46-54(58)63-51-52(50-62-49-48-53(56(60)61)57(3,4)5)64-55(59)47-45-43-41-39-37-35-33-31-28-25-23-21-19-17-15-13-11-9-7-2/h14,16,20,22,26-27,30,32,36,38,52-53H,6-13,15,17-19,21,23-25,28-29,31,33-35,37,39-51H2,1-5H3/p+1/b16-14+,22-20+,27-26+,32-30+,38-36+. The van der Waals surface area contributed by atoms with Crippen LogP contribution >= 0.6 is 0 Å². The lowest BCUT2D eigenvalue weighted by Crippen LogP contribution is -2.50. The Morgan fingerprint density at radius 2 is 0.828 bits per heavy atom. The topological polar surface area (TPSA) is 99.1 Å². The fourth-order valence-corrected chi connectivity index (χ4v) is 7.58. The quantitative estimate of drug-likeness (QED) is 0.0281. The Bertz CT molecular complexity index is 1230. The molecule has 0 amide bonds. The highest BCUT2D eigenvalue weighted by atomic mass is 16.6. The van der Waals surface area contributed by atoms with Crippen molar-refractivity contribution in [2.75, 3.05) is 41.0 Å². The summed E-state index contributed by atoms with van der Waals surface area (Å²) in [6, 6.07) is -0.623. The van der Waals surface area contributed by atoms with E-state index >= 15 is 0 Å². The molecule has 2 atom stereocenters. The second-order valence-corrected chi connectivity index (χ2v) is 18.8. The van der Waals surface area contributed by atoms with Crippen molar-refractivity contribution < 1.29 is 38.2 Å². The number of quaternary nitrogens is 1. The minimum atomic E-state index is -0.880. The summed E-state index contributed by atoms with van der Waals surface area (Å²) in [4.78, 5) is 37.2. The molecule has 8 heteroatoms. The molecule has 1 N–H and O–H groups in total. The van der Waals surface area contributed by atoms with Gasteiger partial charge in [0, 0.05) is 19.3 Å². The molecule has 0 aromatic heterocycles. The maximum atomic E-state index is 12.8. The van der Waals surface area contributed by atoms with E-state index in [0.29, 0.717) is 19.3 Å². The third kappa shape index (κ3) is 44.2. The van der Waals surface area contributed by atoms with Crippen LogP contribution < -0.4 is 0 Å².